The van der Waals surface area contributed by atoms with Crippen LogP contribution >= 0.6 is 0 Å². The molecule has 0 aromatic carbocycles. The van der Waals surface area contributed by atoms with Gasteiger partial charge >= 0.3 is 18.2 Å². The van der Waals surface area contributed by atoms with Crippen molar-refractivity contribution in [1.29, 1.82) is 0 Å². The Balaban J connectivity index is 0.000000372. The van der Waals surface area contributed by atoms with Gasteiger partial charge in [0.2, 0.25) is 0 Å². The van der Waals surface area contributed by atoms with Crippen LogP contribution in [0.4, 0.5) is 18.0 Å². The zero-order valence-corrected chi connectivity index (χ0v) is 13.6. The first-order valence-corrected chi connectivity index (χ1v) is 7.07. The lowest BCUT2D eigenvalue weighted by Crippen LogP contribution is -2.54. The SMILES string of the molecule is CC(C)(C)OC(=O)N1CC(O)C1.O=C(O)C(F)(F)F.OC1CNC1. The molecule has 11 heteroatoms. The lowest BCUT2D eigenvalue weighted by Gasteiger charge is -2.36. The van der Waals surface area contributed by atoms with Crippen LogP contribution in [0.5, 0.6) is 0 Å². The summed E-state index contributed by atoms with van der Waals surface area (Å²) in [5, 5.41) is 27.3. The number of carbonyl (C=O) groups excluding carboxylic acids is 1. The minimum absolute atomic E-state index is 0.0463. The van der Waals surface area contributed by atoms with Crippen molar-refractivity contribution in [2.45, 2.75) is 44.8 Å². The fourth-order valence-electron chi connectivity index (χ4n) is 1.20. The molecule has 0 aromatic rings. The van der Waals surface area contributed by atoms with Gasteiger partial charge in [-0.2, -0.15) is 13.2 Å². The Hall–Kier alpha value is -1.59. The Bertz CT molecular complexity index is 415. The number of aliphatic hydroxyl groups excluding tert-OH is 2. The molecular formula is C13H23F3N2O6. The number of nitrogens with one attached hydrogen (secondary N) is 1. The van der Waals surface area contributed by atoms with Gasteiger partial charge in [-0.1, -0.05) is 0 Å². The molecule has 2 fully saturated rings. The number of likely N-dealkylation sites (tertiary alicyclic amines) is 1. The van der Waals surface area contributed by atoms with E-state index in [4.69, 9.17) is 24.9 Å². The second kappa shape index (κ2) is 9.04. The molecule has 2 rings (SSSR count). The number of halogens is 3. The summed E-state index contributed by atoms with van der Waals surface area (Å²) in [6.45, 7) is 7.84. The van der Waals surface area contributed by atoms with Gasteiger partial charge in [-0.15, -0.1) is 0 Å². The minimum atomic E-state index is -5.08. The average Bonchev–Trinajstić information content (AvgIpc) is 2.30. The maximum absolute atomic E-state index is 11.2. The Morgan fingerprint density at radius 2 is 1.46 bits per heavy atom. The van der Waals surface area contributed by atoms with Gasteiger partial charge in [-0.3, -0.25) is 0 Å². The highest BCUT2D eigenvalue weighted by molar-refractivity contribution is 5.73. The van der Waals surface area contributed by atoms with Gasteiger partial charge in [0.1, 0.15) is 5.60 Å². The van der Waals surface area contributed by atoms with Crippen molar-refractivity contribution >= 4 is 12.1 Å². The summed E-state index contributed by atoms with van der Waals surface area (Å²) in [6, 6.07) is 0. The fourth-order valence-corrected chi connectivity index (χ4v) is 1.20. The molecular weight excluding hydrogens is 337 g/mol. The van der Waals surface area contributed by atoms with E-state index in [1.54, 1.807) is 0 Å². The average molecular weight is 360 g/mol. The molecule has 2 aliphatic rings. The van der Waals surface area contributed by atoms with E-state index in [9.17, 15) is 18.0 Å². The number of alkyl halides is 3. The number of ether oxygens (including phenoxy) is 1. The van der Waals surface area contributed by atoms with Crippen molar-refractivity contribution in [3.63, 3.8) is 0 Å². The molecule has 2 saturated heterocycles. The van der Waals surface area contributed by atoms with E-state index in [0.717, 1.165) is 13.1 Å². The van der Waals surface area contributed by atoms with Gasteiger partial charge in [-0.05, 0) is 20.8 Å². The van der Waals surface area contributed by atoms with E-state index in [0.29, 0.717) is 13.1 Å². The van der Waals surface area contributed by atoms with Crippen molar-refractivity contribution < 1.29 is 42.8 Å². The molecule has 2 aliphatic heterocycles. The smallest absolute Gasteiger partial charge is 0.475 e. The number of aliphatic carboxylic acids is 1. The molecule has 8 nitrogen and oxygen atoms in total. The highest BCUT2D eigenvalue weighted by Crippen LogP contribution is 2.14. The number of β-amino-alcohol motifs (C(OH)–C–C–N with tert-alkyl or cyclic N) is 2. The van der Waals surface area contributed by atoms with Gasteiger partial charge < -0.3 is 30.3 Å². The first-order chi connectivity index (χ1) is 10.7. The third-order valence-corrected chi connectivity index (χ3v) is 2.52. The monoisotopic (exact) mass is 360 g/mol. The van der Waals surface area contributed by atoms with E-state index in [1.807, 2.05) is 20.8 Å². The standard InChI is InChI=1S/C8H15NO3.C3H7NO.C2HF3O2/c1-8(2,3)12-7(11)9-4-6(10)5-9;5-3-1-4-2-3;3-2(4,5)1(6)7/h6,10H,4-5H2,1-3H3;3-5H,1-2H2;(H,6,7). The molecule has 2 heterocycles. The second-order valence-electron chi connectivity index (χ2n) is 6.15. The van der Waals surface area contributed by atoms with Crippen LogP contribution in [0.2, 0.25) is 0 Å². The Labute approximate surface area is 137 Å². The van der Waals surface area contributed by atoms with Gasteiger partial charge in [0.15, 0.2) is 0 Å². The number of nitrogens with zero attached hydrogens (tertiary/aromatic N) is 1. The number of hydrogen-bond acceptors (Lipinski definition) is 6. The Kier molecular flexibility index (Phi) is 8.44. The minimum Gasteiger partial charge on any atom is -0.475 e. The lowest BCUT2D eigenvalue weighted by molar-refractivity contribution is -0.192. The van der Waals surface area contributed by atoms with Crippen molar-refractivity contribution in [2.24, 2.45) is 0 Å². The molecule has 1 amide bonds. The number of carbonyl (C=O) groups is 2. The van der Waals surface area contributed by atoms with Crippen LogP contribution in [0.25, 0.3) is 0 Å². The second-order valence-corrected chi connectivity index (χ2v) is 6.15. The summed E-state index contributed by atoms with van der Waals surface area (Å²) in [6.07, 6.45) is -5.83. The molecule has 0 aromatic heterocycles. The topological polar surface area (TPSA) is 119 Å². The van der Waals surface area contributed by atoms with Crippen LogP contribution in [0.1, 0.15) is 20.8 Å². The number of aliphatic hydroxyl groups is 2. The molecule has 142 valence electrons. The number of carboxylic acids is 1. The predicted octanol–water partition coefficient (Wildman–Crippen LogP) is 0.182. The van der Waals surface area contributed by atoms with E-state index in [1.165, 1.54) is 4.90 Å². The van der Waals surface area contributed by atoms with Crippen molar-refractivity contribution in [1.82, 2.24) is 10.2 Å². The predicted molar refractivity (Wildman–Crippen MR) is 76.4 cm³/mol. The Morgan fingerprint density at radius 1 is 1.08 bits per heavy atom. The number of hydrogen-bond donors (Lipinski definition) is 4. The molecule has 0 bridgehead atoms. The van der Waals surface area contributed by atoms with Crippen LogP contribution in [0.3, 0.4) is 0 Å². The number of carboxylic acid groups (broad SMARTS) is 1. The molecule has 0 aliphatic carbocycles. The highest BCUT2D eigenvalue weighted by atomic mass is 19.4. The zero-order chi connectivity index (χ0) is 19.1. The first-order valence-electron chi connectivity index (χ1n) is 7.07. The third-order valence-electron chi connectivity index (χ3n) is 2.52. The fraction of sp³-hybridized carbons (Fsp3) is 0.846. The van der Waals surface area contributed by atoms with Crippen LogP contribution < -0.4 is 5.32 Å². The van der Waals surface area contributed by atoms with Gasteiger partial charge in [0.25, 0.3) is 0 Å². The molecule has 0 unspecified atom stereocenters. The first kappa shape index (κ1) is 22.4. The maximum Gasteiger partial charge on any atom is 0.490 e. The van der Waals surface area contributed by atoms with Crippen LogP contribution in [0.15, 0.2) is 0 Å². The molecule has 0 spiro atoms. The summed E-state index contributed by atoms with van der Waals surface area (Å²) in [7, 11) is 0. The zero-order valence-electron chi connectivity index (χ0n) is 13.6. The van der Waals surface area contributed by atoms with E-state index >= 15 is 0 Å². The lowest BCUT2D eigenvalue weighted by atomic mass is 10.2. The molecule has 24 heavy (non-hydrogen) atoms. The summed E-state index contributed by atoms with van der Waals surface area (Å²) < 4.78 is 36.8. The molecule has 0 saturated carbocycles. The molecule has 0 atom stereocenters. The summed E-state index contributed by atoms with van der Waals surface area (Å²) in [5.41, 5.74) is -0.447. The van der Waals surface area contributed by atoms with Crippen LogP contribution in [0, 0.1) is 0 Å². The van der Waals surface area contributed by atoms with E-state index in [-0.39, 0.29) is 18.3 Å². The van der Waals surface area contributed by atoms with Crippen LogP contribution in [-0.4, -0.2) is 82.4 Å². The Morgan fingerprint density at radius 3 is 1.62 bits per heavy atom. The summed E-state index contributed by atoms with van der Waals surface area (Å²) >= 11 is 0. The number of rotatable bonds is 0. The van der Waals surface area contributed by atoms with Gasteiger partial charge in [0.05, 0.1) is 25.3 Å². The maximum atomic E-state index is 11.2. The van der Waals surface area contributed by atoms with Crippen LogP contribution in [-0.2, 0) is 9.53 Å². The van der Waals surface area contributed by atoms with E-state index < -0.39 is 17.7 Å². The molecule has 0 radical (unpaired) electrons. The largest absolute Gasteiger partial charge is 0.490 e. The summed E-state index contributed by atoms with van der Waals surface area (Å²) in [4.78, 5) is 21.6. The number of amides is 1. The normalized spacial score (nSPS) is 18.1. The quantitative estimate of drug-likeness (QED) is 0.487. The molecule has 4 N–H and O–H groups in total. The van der Waals surface area contributed by atoms with E-state index in [2.05, 4.69) is 5.32 Å². The van der Waals surface area contributed by atoms with Crippen molar-refractivity contribution in [3.8, 4) is 0 Å². The van der Waals surface area contributed by atoms with Gasteiger partial charge in [0, 0.05) is 13.1 Å². The third kappa shape index (κ3) is 10.2. The highest BCUT2D eigenvalue weighted by Gasteiger charge is 2.38. The van der Waals surface area contributed by atoms with Crippen molar-refractivity contribution in [2.75, 3.05) is 26.2 Å². The summed E-state index contributed by atoms with van der Waals surface area (Å²) in [5.74, 6) is -2.76. The van der Waals surface area contributed by atoms with Crippen molar-refractivity contribution in [3.05, 3.63) is 0 Å². The van der Waals surface area contributed by atoms with Gasteiger partial charge in [-0.25, -0.2) is 9.59 Å².